The minimum absolute atomic E-state index is 0.0707. The third-order valence-electron chi connectivity index (χ3n) is 3.14. The molecule has 2 aromatic heterocycles. The van der Waals surface area contributed by atoms with Crippen LogP contribution in [0, 0.1) is 0 Å². The lowest BCUT2D eigenvalue weighted by atomic mass is 10.1. The second-order valence-corrected chi connectivity index (χ2v) is 8.28. The molecule has 0 radical (unpaired) electrons. The molecule has 0 aliphatic carbocycles. The smallest absolute Gasteiger partial charge is 0.273 e. The molecule has 0 saturated heterocycles. The van der Waals surface area contributed by atoms with E-state index in [9.17, 15) is 8.42 Å². The number of sulfonamides is 1. The second kappa shape index (κ2) is 6.35. The van der Waals surface area contributed by atoms with Crippen LogP contribution in [0.2, 0.25) is 5.02 Å². The molecular formula is C15H13ClN2O3S2. The minimum atomic E-state index is -3.66. The monoisotopic (exact) mass is 368 g/mol. The van der Waals surface area contributed by atoms with Crippen molar-refractivity contribution in [1.82, 2.24) is 5.16 Å². The number of hydrogen-bond donors (Lipinski definition) is 1. The van der Waals surface area contributed by atoms with Gasteiger partial charge in [0.2, 0.25) is 5.88 Å². The molecule has 0 spiro atoms. The number of rotatable bonds is 5. The average molecular weight is 369 g/mol. The lowest BCUT2D eigenvalue weighted by molar-refractivity contribution is 0.438. The van der Waals surface area contributed by atoms with Crippen LogP contribution < -0.4 is 4.72 Å². The Morgan fingerprint density at radius 1 is 1.22 bits per heavy atom. The van der Waals surface area contributed by atoms with Crippen LogP contribution in [-0.4, -0.2) is 13.6 Å². The van der Waals surface area contributed by atoms with Crippen LogP contribution in [0.3, 0.4) is 0 Å². The molecule has 2 heterocycles. The number of nitrogens with zero attached hydrogens (tertiary/aromatic N) is 1. The molecule has 8 heteroatoms. The molecule has 3 aromatic rings. The summed E-state index contributed by atoms with van der Waals surface area (Å²) >= 11 is 7.08. The Kier molecular flexibility index (Phi) is 4.43. The zero-order chi connectivity index (χ0) is 16.4. The van der Waals surface area contributed by atoms with Crippen LogP contribution in [0.1, 0.15) is 11.8 Å². The van der Waals surface area contributed by atoms with E-state index in [1.54, 1.807) is 36.4 Å². The lowest BCUT2D eigenvalue weighted by Crippen LogP contribution is -2.10. The summed E-state index contributed by atoms with van der Waals surface area (Å²) in [6, 6.07) is 12.0. The van der Waals surface area contributed by atoms with Gasteiger partial charge >= 0.3 is 0 Å². The number of anilines is 1. The van der Waals surface area contributed by atoms with Crippen LogP contribution in [0.5, 0.6) is 0 Å². The number of halogens is 1. The predicted molar refractivity (Wildman–Crippen MR) is 91.5 cm³/mol. The summed E-state index contributed by atoms with van der Waals surface area (Å²) < 4.78 is 32.4. The first-order valence-electron chi connectivity index (χ1n) is 6.82. The highest BCUT2D eigenvalue weighted by Crippen LogP contribution is 2.27. The molecule has 0 bridgehead atoms. The van der Waals surface area contributed by atoms with Gasteiger partial charge in [-0.05, 0) is 30.7 Å². The van der Waals surface area contributed by atoms with E-state index in [0.717, 1.165) is 16.9 Å². The van der Waals surface area contributed by atoms with Crippen molar-refractivity contribution in [1.29, 1.82) is 0 Å². The number of thiophene rings is 1. The van der Waals surface area contributed by atoms with E-state index in [0.29, 0.717) is 10.7 Å². The molecule has 0 aliphatic heterocycles. The Balaban J connectivity index is 1.82. The maximum absolute atomic E-state index is 12.3. The van der Waals surface area contributed by atoms with Crippen molar-refractivity contribution >= 4 is 38.8 Å². The number of nitrogens with one attached hydrogen (secondary N) is 1. The predicted octanol–water partition coefficient (Wildman–Crippen LogP) is 4.42. The van der Waals surface area contributed by atoms with Gasteiger partial charge in [-0.1, -0.05) is 35.8 Å². The molecule has 0 unspecified atom stereocenters. The molecule has 5 nitrogen and oxygen atoms in total. The number of aromatic nitrogens is 1. The summed E-state index contributed by atoms with van der Waals surface area (Å²) in [4.78, 5) is 1.00. The van der Waals surface area contributed by atoms with Crippen LogP contribution in [0.4, 0.5) is 5.88 Å². The zero-order valence-electron chi connectivity index (χ0n) is 12.1. The summed E-state index contributed by atoms with van der Waals surface area (Å²) in [6.07, 6.45) is 0.795. The average Bonchev–Trinajstić information content (AvgIpc) is 3.17. The van der Waals surface area contributed by atoms with E-state index in [1.165, 1.54) is 17.4 Å². The molecule has 0 amide bonds. The minimum Gasteiger partial charge on any atom is -0.337 e. The molecule has 1 N–H and O–H groups in total. The molecule has 120 valence electrons. The van der Waals surface area contributed by atoms with Crippen molar-refractivity contribution in [3.63, 3.8) is 0 Å². The van der Waals surface area contributed by atoms with Crippen LogP contribution in [0.15, 0.2) is 51.2 Å². The number of aryl methyl sites for hydroxylation is 1. The molecule has 0 atom stereocenters. The van der Waals surface area contributed by atoms with Gasteiger partial charge in [-0.2, -0.15) is 0 Å². The lowest BCUT2D eigenvalue weighted by Gasteiger charge is -2.00. The van der Waals surface area contributed by atoms with Crippen molar-refractivity contribution in [3.8, 4) is 11.3 Å². The van der Waals surface area contributed by atoms with Gasteiger partial charge in [0.05, 0.1) is 0 Å². The highest BCUT2D eigenvalue weighted by Gasteiger charge is 2.19. The Bertz CT molecular complexity index is 914. The first-order chi connectivity index (χ1) is 11.0. The van der Waals surface area contributed by atoms with Crippen molar-refractivity contribution in [2.75, 3.05) is 4.72 Å². The number of hydrogen-bond acceptors (Lipinski definition) is 5. The SMILES string of the molecule is CCc1ccc(S(=O)(=O)Nc2cc(-c3ccc(Cl)cc3)no2)s1. The van der Waals surface area contributed by atoms with E-state index >= 15 is 0 Å². The van der Waals surface area contributed by atoms with Gasteiger partial charge in [0.15, 0.2) is 0 Å². The van der Waals surface area contributed by atoms with Gasteiger partial charge in [-0.15, -0.1) is 11.3 Å². The molecule has 0 saturated carbocycles. The van der Waals surface area contributed by atoms with Crippen LogP contribution in [0.25, 0.3) is 11.3 Å². The fourth-order valence-corrected chi connectivity index (χ4v) is 4.35. The Morgan fingerprint density at radius 2 is 1.96 bits per heavy atom. The molecule has 0 aliphatic rings. The van der Waals surface area contributed by atoms with Gasteiger partial charge in [0, 0.05) is 21.5 Å². The van der Waals surface area contributed by atoms with Gasteiger partial charge in [0.1, 0.15) is 9.90 Å². The van der Waals surface area contributed by atoms with Crippen molar-refractivity contribution in [2.45, 2.75) is 17.6 Å². The van der Waals surface area contributed by atoms with Gasteiger partial charge in [0.25, 0.3) is 10.0 Å². The van der Waals surface area contributed by atoms with Gasteiger partial charge < -0.3 is 4.52 Å². The fraction of sp³-hybridized carbons (Fsp3) is 0.133. The topological polar surface area (TPSA) is 72.2 Å². The summed E-state index contributed by atoms with van der Waals surface area (Å²) in [5.74, 6) is 0.0707. The van der Waals surface area contributed by atoms with E-state index in [-0.39, 0.29) is 10.1 Å². The molecule has 1 aromatic carbocycles. The molecule has 3 rings (SSSR count). The quantitative estimate of drug-likeness (QED) is 0.723. The molecular weight excluding hydrogens is 356 g/mol. The third-order valence-corrected chi connectivity index (χ3v) is 6.46. The summed E-state index contributed by atoms with van der Waals surface area (Å²) in [5.41, 5.74) is 1.31. The van der Waals surface area contributed by atoms with Crippen molar-refractivity contribution in [2.24, 2.45) is 0 Å². The molecule has 0 fully saturated rings. The van der Waals surface area contributed by atoms with Crippen molar-refractivity contribution < 1.29 is 12.9 Å². The highest BCUT2D eigenvalue weighted by molar-refractivity contribution is 7.94. The van der Waals surface area contributed by atoms with Crippen molar-refractivity contribution in [3.05, 3.63) is 52.4 Å². The number of benzene rings is 1. The fourth-order valence-electron chi connectivity index (χ4n) is 1.96. The largest absolute Gasteiger partial charge is 0.337 e. The standard InChI is InChI=1S/C15H13ClN2O3S2/c1-2-12-7-8-15(22-12)23(19,20)18-14-9-13(17-21-14)10-3-5-11(16)6-4-10/h3-9,18H,2H2,1H3. The third kappa shape index (κ3) is 3.57. The van der Waals surface area contributed by atoms with E-state index < -0.39 is 10.0 Å². The van der Waals surface area contributed by atoms with E-state index in [4.69, 9.17) is 16.1 Å². The first-order valence-corrected chi connectivity index (χ1v) is 9.50. The summed E-state index contributed by atoms with van der Waals surface area (Å²) in [7, 11) is -3.66. The normalized spacial score (nSPS) is 11.6. The van der Waals surface area contributed by atoms with E-state index in [2.05, 4.69) is 9.88 Å². The van der Waals surface area contributed by atoms with Crippen LogP contribution in [-0.2, 0) is 16.4 Å². The Labute approximate surface area is 142 Å². The zero-order valence-corrected chi connectivity index (χ0v) is 14.5. The Morgan fingerprint density at radius 3 is 2.61 bits per heavy atom. The second-order valence-electron chi connectivity index (χ2n) is 4.76. The first kappa shape index (κ1) is 16.0. The van der Waals surface area contributed by atoms with Gasteiger partial charge in [-0.25, -0.2) is 13.1 Å². The van der Waals surface area contributed by atoms with E-state index in [1.807, 2.05) is 6.92 Å². The van der Waals surface area contributed by atoms with Gasteiger partial charge in [-0.3, -0.25) is 0 Å². The maximum Gasteiger partial charge on any atom is 0.273 e. The highest BCUT2D eigenvalue weighted by atomic mass is 35.5. The summed E-state index contributed by atoms with van der Waals surface area (Å²) in [5, 5.41) is 4.49. The summed E-state index contributed by atoms with van der Waals surface area (Å²) in [6.45, 7) is 1.98. The molecule has 23 heavy (non-hydrogen) atoms. The Hall–Kier alpha value is -1.83. The maximum atomic E-state index is 12.3. The van der Waals surface area contributed by atoms with Crippen LogP contribution >= 0.6 is 22.9 Å².